The van der Waals surface area contributed by atoms with Crippen LogP contribution in [0.3, 0.4) is 0 Å². The van der Waals surface area contributed by atoms with Gasteiger partial charge < -0.3 is 24.4 Å². The molecule has 0 fully saturated rings. The van der Waals surface area contributed by atoms with Crippen molar-refractivity contribution in [2.24, 2.45) is 17.8 Å². The number of rotatable bonds is 20. The fourth-order valence-corrected chi connectivity index (χ4v) is 6.79. The topological polar surface area (TPSA) is 134 Å². The Kier molecular flexibility index (Phi) is 17.5. The second-order valence-electron chi connectivity index (χ2n) is 15.9. The summed E-state index contributed by atoms with van der Waals surface area (Å²) in [4.78, 5) is 74.7. The monoisotopic (exact) mass is 785 g/mol. The number of hydrogen-bond donors (Lipinski definition) is 1. The molecule has 2 amide bonds. The largest absolute Gasteiger partial charge is 0.508 e. The predicted molar refractivity (Wildman–Crippen MR) is 221 cm³/mol. The lowest BCUT2D eigenvalue weighted by Crippen LogP contribution is -2.55. The Bertz CT molecular complexity index is 1790. The summed E-state index contributed by atoms with van der Waals surface area (Å²) in [7, 11) is 7.92. The van der Waals surface area contributed by atoms with E-state index in [-0.39, 0.29) is 42.6 Å². The van der Waals surface area contributed by atoms with E-state index >= 15 is 0 Å². The standard InChI is InChI=1S/C46H63N3O8/c1-12-32(6)42(57-46(55)39(47(7)8)26-33-17-13-30(4)14-18-33)41(51)28-37(29(2)3)43(52)48(9)38(25-35-21-23-36(50)24-22-35)44(53)49(10)40(45(54)56-11)27-34-19-15-31(5)16-20-34/h13-24,29,32,37-40,42,50H,12,25-28H2,1-11H3/t32-,37-,38-,39+,40-,42+/m0/s1. The number of likely N-dealkylation sites (N-methyl/N-ethyl adjacent to an activating group) is 3. The number of aromatic hydroxyl groups is 1. The second-order valence-corrected chi connectivity index (χ2v) is 15.9. The first kappa shape index (κ1) is 46.4. The highest BCUT2D eigenvalue weighted by molar-refractivity contribution is 5.94. The van der Waals surface area contributed by atoms with Gasteiger partial charge in [0.05, 0.1) is 7.11 Å². The molecule has 3 aromatic carbocycles. The Labute approximate surface area is 339 Å². The number of esters is 2. The first-order valence-corrected chi connectivity index (χ1v) is 19.8. The molecule has 0 saturated carbocycles. The van der Waals surface area contributed by atoms with E-state index < -0.39 is 53.9 Å². The van der Waals surface area contributed by atoms with Gasteiger partial charge in [-0.05, 0) is 75.5 Å². The van der Waals surface area contributed by atoms with Crippen LogP contribution in [0.15, 0.2) is 72.8 Å². The minimum Gasteiger partial charge on any atom is -0.508 e. The number of ketones is 1. The first-order valence-electron chi connectivity index (χ1n) is 19.8. The van der Waals surface area contributed by atoms with Crippen molar-refractivity contribution in [2.75, 3.05) is 35.3 Å². The number of Topliss-reactive ketones (excluding diaryl/α,β-unsaturated/α-hetero) is 1. The van der Waals surface area contributed by atoms with E-state index in [1.807, 2.05) is 90.1 Å². The molecule has 0 unspecified atom stereocenters. The third-order valence-electron chi connectivity index (χ3n) is 11.0. The van der Waals surface area contributed by atoms with E-state index in [4.69, 9.17) is 9.47 Å². The van der Waals surface area contributed by atoms with Crippen LogP contribution in [0.4, 0.5) is 0 Å². The van der Waals surface area contributed by atoms with E-state index in [0.29, 0.717) is 18.4 Å². The molecule has 6 atom stereocenters. The molecule has 0 bridgehead atoms. The Balaban J connectivity index is 1.93. The molecule has 11 heteroatoms. The lowest BCUT2D eigenvalue weighted by Gasteiger charge is -2.36. The van der Waals surface area contributed by atoms with Crippen molar-refractivity contribution < 1.29 is 38.6 Å². The molecular weight excluding hydrogens is 723 g/mol. The van der Waals surface area contributed by atoms with Crippen LogP contribution in [0.1, 0.15) is 68.4 Å². The van der Waals surface area contributed by atoms with Gasteiger partial charge >= 0.3 is 11.9 Å². The normalized spacial score (nSPS) is 14.5. The van der Waals surface area contributed by atoms with Crippen molar-refractivity contribution >= 4 is 29.5 Å². The van der Waals surface area contributed by atoms with Gasteiger partial charge in [0.2, 0.25) is 11.8 Å². The number of carbonyl (C=O) groups excluding carboxylic acids is 5. The summed E-state index contributed by atoms with van der Waals surface area (Å²) in [6, 6.07) is 19.2. The molecular formula is C46H63N3O8. The van der Waals surface area contributed by atoms with Crippen molar-refractivity contribution in [3.05, 3.63) is 101 Å². The fourth-order valence-electron chi connectivity index (χ4n) is 6.79. The van der Waals surface area contributed by atoms with Crippen LogP contribution in [0.2, 0.25) is 0 Å². The van der Waals surface area contributed by atoms with Crippen LogP contribution in [0.5, 0.6) is 5.75 Å². The molecule has 3 rings (SSSR count). The van der Waals surface area contributed by atoms with Gasteiger partial charge in [-0.2, -0.15) is 0 Å². The van der Waals surface area contributed by atoms with E-state index in [1.165, 1.54) is 43.1 Å². The minimum atomic E-state index is -1.08. The van der Waals surface area contributed by atoms with Crippen LogP contribution in [-0.2, 0) is 52.7 Å². The summed E-state index contributed by atoms with van der Waals surface area (Å²) in [6.07, 6.45) is -0.0562. The molecule has 3 aromatic rings. The number of phenols is 1. The van der Waals surface area contributed by atoms with Crippen molar-refractivity contribution in [3.63, 3.8) is 0 Å². The average molecular weight is 786 g/mol. The molecule has 0 radical (unpaired) electrons. The van der Waals surface area contributed by atoms with Gasteiger partial charge in [-0.3, -0.25) is 24.1 Å². The molecule has 310 valence electrons. The van der Waals surface area contributed by atoms with E-state index in [2.05, 4.69) is 0 Å². The fraction of sp³-hybridized carbons (Fsp3) is 0.500. The number of carbonyl (C=O) groups is 5. The van der Waals surface area contributed by atoms with Crippen LogP contribution < -0.4 is 0 Å². The summed E-state index contributed by atoms with van der Waals surface area (Å²) in [5.74, 6) is -3.85. The molecule has 0 spiro atoms. The summed E-state index contributed by atoms with van der Waals surface area (Å²) >= 11 is 0. The molecule has 0 aliphatic heterocycles. The van der Waals surface area contributed by atoms with Crippen LogP contribution in [-0.4, -0.2) is 109 Å². The van der Waals surface area contributed by atoms with Crippen LogP contribution >= 0.6 is 0 Å². The van der Waals surface area contributed by atoms with Gasteiger partial charge in [-0.1, -0.05) is 99.5 Å². The Morgan fingerprint density at radius 1 is 0.632 bits per heavy atom. The molecule has 57 heavy (non-hydrogen) atoms. The molecule has 11 nitrogen and oxygen atoms in total. The number of benzene rings is 3. The zero-order chi connectivity index (χ0) is 42.6. The number of amides is 2. The third kappa shape index (κ3) is 13.0. The van der Waals surface area contributed by atoms with Gasteiger partial charge in [0.25, 0.3) is 0 Å². The zero-order valence-electron chi connectivity index (χ0n) is 35.7. The van der Waals surface area contributed by atoms with Crippen molar-refractivity contribution in [2.45, 2.75) is 97.9 Å². The SMILES string of the molecule is CC[C@H](C)[C@@H](OC(=O)[C@@H](Cc1ccc(C)cc1)N(C)C)C(=O)C[C@H](C(=O)N(C)[C@@H](Cc1ccc(O)cc1)C(=O)N(C)[C@@H](Cc1ccc(C)cc1)C(=O)OC)C(C)C. The van der Waals surface area contributed by atoms with E-state index in [9.17, 15) is 29.1 Å². The van der Waals surface area contributed by atoms with Gasteiger partial charge in [0.1, 0.15) is 23.9 Å². The van der Waals surface area contributed by atoms with Gasteiger partial charge in [-0.25, -0.2) is 4.79 Å². The molecule has 0 saturated heterocycles. The van der Waals surface area contributed by atoms with E-state index in [1.54, 1.807) is 31.1 Å². The maximum absolute atomic E-state index is 14.6. The van der Waals surface area contributed by atoms with Gasteiger partial charge in [0, 0.05) is 45.2 Å². The number of nitrogens with zero attached hydrogens (tertiary/aromatic N) is 3. The van der Waals surface area contributed by atoms with Gasteiger partial charge in [-0.15, -0.1) is 0 Å². The lowest BCUT2D eigenvalue weighted by molar-refractivity contribution is -0.163. The quantitative estimate of drug-likeness (QED) is 0.137. The number of hydrogen-bond acceptors (Lipinski definition) is 9. The molecule has 0 aliphatic rings. The molecule has 0 aliphatic carbocycles. The highest BCUT2D eigenvalue weighted by Crippen LogP contribution is 2.26. The summed E-state index contributed by atoms with van der Waals surface area (Å²) in [5, 5.41) is 9.95. The zero-order valence-corrected chi connectivity index (χ0v) is 35.7. The second kappa shape index (κ2) is 21.5. The average Bonchev–Trinajstić information content (AvgIpc) is 3.19. The number of ether oxygens (including phenoxy) is 2. The molecule has 1 N–H and O–H groups in total. The lowest BCUT2D eigenvalue weighted by atomic mass is 9.85. The maximum Gasteiger partial charge on any atom is 0.328 e. The molecule has 0 heterocycles. The highest BCUT2D eigenvalue weighted by Gasteiger charge is 2.40. The maximum atomic E-state index is 14.6. The van der Waals surface area contributed by atoms with Crippen LogP contribution in [0.25, 0.3) is 0 Å². The summed E-state index contributed by atoms with van der Waals surface area (Å²) < 4.78 is 11.2. The first-order chi connectivity index (χ1) is 26.9. The van der Waals surface area contributed by atoms with Crippen LogP contribution in [0, 0.1) is 31.6 Å². The van der Waals surface area contributed by atoms with E-state index in [0.717, 1.165) is 22.3 Å². The predicted octanol–water partition coefficient (Wildman–Crippen LogP) is 5.98. The smallest absolute Gasteiger partial charge is 0.328 e. The third-order valence-corrected chi connectivity index (χ3v) is 11.0. The summed E-state index contributed by atoms with van der Waals surface area (Å²) in [5.41, 5.74) is 4.63. The Morgan fingerprint density at radius 2 is 1.07 bits per heavy atom. The number of phenolic OH excluding ortho intramolecular Hbond substituents is 1. The minimum absolute atomic E-state index is 0.0500. The number of methoxy groups -OCH3 is 1. The molecule has 0 aromatic heterocycles. The van der Waals surface area contributed by atoms with Crippen molar-refractivity contribution in [3.8, 4) is 5.75 Å². The highest BCUT2D eigenvalue weighted by atomic mass is 16.5. The number of aryl methyl sites for hydroxylation is 2. The summed E-state index contributed by atoms with van der Waals surface area (Å²) in [6.45, 7) is 11.4. The Morgan fingerprint density at radius 3 is 1.51 bits per heavy atom. The Hall–Kier alpha value is -5.03. The van der Waals surface area contributed by atoms with Crippen molar-refractivity contribution in [1.29, 1.82) is 0 Å². The van der Waals surface area contributed by atoms with Gasteiger partial charge in [0.15, 0.2) is 11.9 Å². The van der Waals surface area contributed by atoms with Crippen molar-refractivity contribution in [1.82, 2.24) is 14.7 Å².